The molecule has 0 radical (unpaired) electrons. The first kappa shape index (κ1) is 24.5. The predicted octanol–water partition coefficient (Wildman–Crippen LogP) is 4.02. The van der Waals surface area contributed by atoms with Crippen LogP contribution in [0.25, 0.3) is 11.4 Å². The lowest BCUT2D eigenvalue weighted by atomic mass is 10.1. The fraction of sp³-hybridized carbons (Fsp3) is 0.148. The largest absolute Gasteiger partial charge is 0.369 e. The van der Waals surface area contributed by atoms with Gasteiger partial charge in [-0.1, -0.05) is 42.5 Å². The summed E-state index contributed by atoms with van der Waals surface area (Å²) in [6, 6.07) is 21.3. The molecule has 0 unspecified atom stereocenters. The highest BCUT2D eigenvalue weighted by Gasteiger charge is 2.17. The Morgan fingerprint density at radius 1 is 0.861 bits per heavy atom. The lowest BCUT2D eigenvalue weighted by molar-refractivity contribution is 0.102. The zero-order valence-electron chi connectivity index (χ0n) is 20.1. The van der Waals surface area contributed by atoms with E-state index >= 15 is 0 Å². The Bertz CT molecular complexity index is 1330. The number of aromatic nitrogens is 3. The van der Waals surface area contributed by atoms with Crippen LogP contribution in [0.15, 0.2) is 85.2 Å². The van der Waals surface area contributed by atoms with E-state index in [9.17, 15) is 9.59 Å². The Balaban J connectivity index is 1.59. The summed E-state index contributed by atoms with van der Waals surface area (Å²) < 4.78 is 0. The minimum atomic E-state index is -0.452. The normalized spacial score (nSPS) is 10.6. The standard InChI is InChI=1S/C27H27N7O2/c1-34(2)16-15-29-24-17-23(31-25(33-24)19-9-4-3-5-10-19)27(36)32-22-13-7-6-12-21(22)26(35)30-20-11-8-14-28-18-20/h3-14,17-18H,15-16H2,1-2H3,(H,30,35)(H,32,36)(H,29,31,33). The second kappa shape index (κ2) is 11.7. The van der Waals surface area contributed by atoms with Crippen LogP contribution in [-0.4, -0.2) is 58.9 Å². The number of hydrogen-bond donors (Lipinski definition) is 3. The van der Waals surface area contributed by atoms with Gasteiger partial charge in [0.1, 0.15) is 11.5 Å². The molecule has 2 heterocycles. The quantitative estimate of drug-likeness (QED) is 0.331. The van der Waals surface area contributed by atoms with Crippen LogP contribution in [0.1, 0.15) is 20.8 Å². The molecule has 0 atom stereocenters. The van der Waals surface area contributed by atoms with Crippen molar-refractivity contribution in [2.45, 2.75) is 0 Å². The van der Waals surface area contributed by atoms with Crippen molar-refractivity contribution in [3.8, 4) is 11.4 Å². The van der Waals surface area contributed by atoms with Crippen LogP contribution in [0, 0.1) is 0 Å². The zero-order valence-corrected chi connectivity index (χ0v) is 20.1. The molecule has 4 aromatic rings. The maximum atomic E-state index is 13.3. The number of hydrogen-bond acceptors (Lipinski definition) is 7. The molecule has 2 aromatic heterocycles. The minimum absolute atomic E-state index is 0.179. The molecule has 0 aliphatic rings. The van der Waals surface area contributed by atoms with Crippen LogP contribution >= 0.6 is 0 Å². The van der Waals surface area contributed by atoms with Crippen molar-refractivity contribution in [3.63, 3.8) is 0 Å². The summed E-state index contributed by atoms with van der Waals surface area (Å²) in [5.41, 5.74) is 2.21. The van der Waals surface area contributed by atoms with Gasteiger partial charge in [-0.25, -0.2) is 9.97 Å². The van der Waals surface area contributed by atoms with E-state index in [1.807, 2.05) is 49.3 Å². The second-order valence-electron chi connectivity index (χ2n) is 8.25. The number of nitrogens with one attached hydrogen (secondary N) is 3. The number of carbonyl (C=O) groups is 2. The van der Waals surface area contributed by atoms with Crippen LogP contribution in [0.5, 0.6) is 0 Å². The molecule has 0 saturated carbocycles. The summed E-state index contributed by atoms with van der Waals surface area (Å²) in [5, 5.41) is 8.88. The molecule has 0 aliphatic heterocycles. The van der Waals surface area contributed by atoms with Crippen molar-refractivity contribution in [3.05, 3.63) is 96.4 Å². The SMILES string of the molecule is CN(C)CCNc1cc(C(=O)Nc2ccccc2C(=O)Nc2cccnc2)nc(-c2ccccc2)n1. The highest BCUT2D eigenvalue weighted by molar-refractivity contribution is 6.12. The molecule has 0 saturated heterocycles. The van der Waals surface area contributed by atoms with Gasteiger partial charge in [-0.3, -0.25) is 14.6 Å². The summed E-state index contributed by atoms with van der Waals surface area (Å²) in [6.07, 6.45) is 3.18. The lowest BCUT2D eigenvalue weighted by Gasteiger charge is -2.14. The Morgan fingerprint density at radius 3 is 2.39 bits per heavy atom. The maximum Gasteiger partial charge on any atom is 0.274 e. The Labute approximate surface area is 209 Å². The van der Waals surface area contributed by atoms with Gasteiger partial charge in [0.25, 0.3) is 11.8 Å². The van der Waals surface area contributed by atoms with E-state index in [0.717, 1.165) is 12.1 Å². The Hall–Kier alpha value is -4.63. The van der Waals surface area contributed by atoms with Gasteiger partial charge in [0, 0.05) is 30.9 Å². The van der Waals surface area contributed by atoms with Crippen molar-refractivity contribution in [2.75, 3.05) is 43.1 Å². The van der Waals surface area contributed by atoms with Crippen molar-refractivity contribution in [1.82, 2.24) is 19.9 Å². The number of amides is 2. The molecule has 2 aromatic carbocycles. The van der Waals surface area contributed by atoms with Gasteiger partial charge in [0.05, 0.1) is 23.1 Å². The van der Waals surface area contributed by atoms with Crippen LogP contribution in [0.4, 0.5) is 17.2 Å². The van der Waals surface area contributed by atoms with Gasteiger partial charge in [-0.2, -0.15) is 0 Å². The van der Waals surface area contributed by atoms with E-state index in [2.05, 4.69) is 30.9 Å². The van der Waals surface area contributed by atoms with Crippen LogP contribution in [0.3, 0.4) is 0 Å². The maximum absolute atomic E-state index is 13.3. The Kier molecular flexibility index (Phi) is 7.94. The second-order valence-corrected chi connectivity index (χ2v) is 8.25. The van der Waals surface area contributed by atoms with Crippen molar-refractivity contribution >= 4 is 29.0 Å². The third-order valence-electron chi connectivity index (χ3n) is 5.20. The molecule has 36 heavy (non-hydrogen) atoms. The van der Waals surface area contributed by atoms with Gasteiger partial charge in [-0.05, 0) is 38.4 Å². The average Bonchev–Trinajstić information content (AvgIpc) is 2.89. The third kappa shape index (κ3) is 6.49. The van der Waals surface area contributed by atoms with Crippen LogP contribution in [-0.2, 0) is 0 Å². The van der Waals surface area contributed by atoms with E-state index in [0.29, 0.717) is 35.1 Å². The fourth-order valence-corrected chi connectivity index (χ4v) is 3.39. The average molecular weight is 482 g/mol. The topological polar surface area (TPSA) is 112 Å². The van der Waals surface area contributed by atoms with Crippen molar-refractivity contribution < 1.29 is 9.59 Å². The third-order valence-corrected chi connectivity index (χ3v) is 5.20. The van der Waals surface area contributed by atoms with Gasteiger partial charge in [0.2, 0.25) is 0 Å². The van der Waals surface area contributed by atoms with Gasteiger partial charge in [-0.15, -0.1) is 0 Å². The molecule has 0 bridgehead atoms. The van der Waals surface area contributed by atoms with E-state index in [1.165, 1.54) is 0 Å². The molecule has 9 heteroatoms. The monoisotopic (exact) mass is 481 g/mol. The summed E-state index contributed by atoms with van der Waals surface area (Å²) in [6.45, 7) is 1.45. The molecule has 0 spiro atoms. The number of para-hydroxylation sites is 1. The van der Waals surface area contributed by atoms with Crippen LogP contribution < -0.4 is 16.0 Å². The smallest absolute Gasteiger partial charge is 0.274 e. The molecule has 3 N–H and O–H groups in total. The Morgan fingerprint density at radius 2 is 1.64 bits per heavy atom. The molecule has 0 aliphatic carbocycles. The minimum Gasteiger partial charge on any atom is -0.369 e. The molecule has 4 rings (SSSR count). The molecule has 2 amide bonds. The fourth-order valence-electron chi connectivity index (χ4n) is 3.39. The number of pyridine rings is 1. The highest BCUT2D eigenvalue weighted by atomic mass is 16.2. The molecular formula is C27H27N7O2. The highest BCUT2D eigenvalue weighted by Crippen LogP contribution is 2.21. The summed E-state index contributed by atoms with van der Waals surface area (Å²) in [5.74, 6) is 0.154. The zero-order chi connectivity index (χ0) is 25.3. The predicted molar refractivity (Wildman–Crippen MR) is 141 cm³/mol. The number of nitrogens with zero attached hydrogens (tertiary/aromatic N) is 4. The summed E-state index contributed by atoms with van der Waals surface area (Å²) in [7, 11) is 3.97. The number of rotatable bonds is 9. The van der Waals surface area contributed by atoms with Crippen LogP contribution in [0.2, 0.25) is 0 Å². The number of likely N-dealkylation sites (N-methyl/N-ethyl adjacent to an activating group) is 1. The number of anilines is 3. The van der Waals surface area contributed by atoms with E-state index in [-0.39, 0.29) is 11.6 Å². The molecule has 9 nitrogen and oxygen atoms in total. The number of benzene rings is 2. The van der Waals surface area contributed by atoms with E-state index < -0.39 is 5.91 Å². The van der Waals surface area contributed by atoms with E-state index in [4.69, 9.17) is 0 Å². The van der Waals surface area contributed by atoms with Gasteiger partial charge < -0.3 is 20.9 Å². The van der Waals surface area contributed by atoms with Crippen molar-refractivity contribution in [1.29, 1.82) is 0 Å². The first-order chi connectivity index (χ1) is 17.5. The summed E-state index contributed by atoms with van der Waals surface area (Å²) >= 11 is 0. The molecule has 0 fully saturated rings. The van der Waals surface area contributed by atoms with Gasteiger partial charge >= 0.3 is 0 Å². The lowest BCUT2D eigenvalue weighted by Crippen LogP contribution is -2.22. The van der Waals surface area contributed by atoms with Crippen molar-refractivity contribution in [2.24, 2.45) is 0 Å². The number of carbonyl (C=O) groups excluding carboxylic acids is 2. The van der Waals surface area contributed by atoms with Gasteiger partial charge in [0.15, 0.2) is 5.82 Å². The summed E-state index contributed by atoms with van der Waals surface area (Å²) in [4.78, 5) is 41.3. The first-order valence-corrected chi connectivity index (χ1v) is 11.4. The first-order valence-electron chi connectivity index (χ1n) is 11.4. The molecule has 182 valence electrons. The van der Waals surface area contributed by atoms with E-state index in [1.54, 1.807) is 54.9 Å². The molecular weight excluding hydrogens is 454 g/mol.